The maximum atomic E-state index is 12.8. The second-order valence-corrected chi connectivity index (χ2v) is 7.92. The van der Waals surface area contributed by atoms with Gasteiger partial charge in [-0.05, 0) is 56.3 Å². The summed E-state index contributed by atoms with van der Waals surface area (Å²) in [6.07, 6.45) is 1.48. The van der Waals surface area contributed by atoms with Crippen molar-refractivity contribution in [2.24, 2.45) is 0 Å². The molecule has 1 N–H and O–H groups in total. The first kappa shape index (κ1) is 20.7. The van der Waals surface area contributed by atoms with Crippen LogP contribution >= 0.6 is 11.3 Å². The van der Waals surface area contributed by atoms with Gasteiger partial charge in [-0.1, -0.05) is 18.2 Å². The lowest BCUT2D eigenvalue weighted by molar-refractivity contribution is 0.0993. The maximum Gasteiger partial charge on any atom is 0.293 e. The van der Waals surface area contributed by atoms with E-state index in [1.165, 1.54) is 17.6 Å². The van der Waals surface area contributed by atoms with Crippen LogP contribution in [-0.2, 0) is 6.61 Å². The van der Waals surface area contributed by atoms with Crippen LogP contribution in [0.25, 0.3) is 11.3 Å². The van der Waals surface area contributed by atoms with Gasteiger partial charge in [-0.25, -0.2) is 4.98 Å². The van der Waals surface area contributed by atoms with Crippen molar-refractivity contribution in [3.05, 3.63) is 83.1 Å². The Labute approximate surface area is 184 Å². The Bertz CT molecular complexity index is 1150. The molecule has 2 heterocycles. The van der Waals surface area contributed by atoms with E-state index in [0.29, 0.717) is 17.3 Å². The van der Waals surface area contributed by atoms with Crippen molar-refractivity contribution in [3.8, 4) is 22.8 Å². The molecule has 0 aliphatic rings. The Balaban J connectivity index is 1.45. The summed E-state index contributed by atoms with van der Waals surface area (Å²) in [4.78, 5) is 18.4. The fourth-order valence-corrected chi connectivity index (χ4v) is 3.90. The number of benzene rings is 2. The fourth-order valence-electron chi connectivity index (χ4n) is 3.07. The molecule has 0 fully saturated rings. The smallest absolute Gasteiger partial charge is 0.293 e. The predicted octanol–water partition coefficient (Wildman–Crippen LogP) is 5.94. The van der Waals surface area contributed by atoms with E-state index in [-0.39, 0.29) is 18.3 Å². The van der Waals surface area contributed by atoms with Crippen molar-refractivity contribution >= 4 is 22.4 Å². The number of anilines is 1. The molecule has 0 aliphatic heterocycles. The van der Waals surface area contributed by atoms with Gasteiger partial charge >= 0.3 is 0 Å². The van der Waals surface area contributed by atoms with Crippen molar-refractivity contribution in [2.75, 3.05) is 11.9 Å². The zero-order valence-corrected chi connectivity index (χ0v) is 18.1. The Morgan fingerprint density at radius 1 is 1.03 bits per heavy atom. The van der Waals surface area contributed by atoms with Crippen LogP contribution in [0.5, 0.6) is 11.5 Å². The van der Waals surface area contributed by atoms with Gasteiger partial charge < -0.3 is 13.9 Å². The third-order valence-corrected chi connectivity index (χ3v) is 5.43. The Kier molecular flexibility index (Phi) is 6.33. The van der Waals surface area contributed by atoms with Gasteiger partial charge in [0.1, 0.15) is 18.1 Å². The quantitative estimate of drug-likeness (QED) is 0.371. The zero-order valence-electron chi connectivity index (χ0n) is 17.3. The summed E-state index contributed by atoms with van der Waals surface area (Å²) in [6, 6.07) is 18.9. The predicted molar refractivity (Wildman–Crippen MR) is 121 cm³/mol. The van der Waals surface area contributed by atoms with E-state index in [1.807, 2.05) is 68.4 Å². The number of aryl methyl sites for hydroxylation is 1. The van der Waals surface area contributed by atoms with Crippen molar-refractivity contribution in [1.29, 1.82) is 0 Å². The molecule has 0 saturated heterocycles. The minimum atomic E-state index is -0.358. The molecule has 31 heavy (non-hydrogen) atoms. The highest BCUT2D eigenvalue weighted by Crippen LogP contribution is 2.31. The molecule has 2 aromatic heterocycles. The van der Waals surface area contributed by atoms with Crippen LogP contribution in [-0.4, -0.2) is 17.5 Å². The van der Waals surface area contributed by atoms with Crippen LogP contribution in [0.15, 0.2) is 71.3 Å². The summed E-state index contributed by atoms with van der Waals surface area (Å²) in [5.74, 6) is 1.40. The third-order valence-electron chi connectivity index (χ3n) is 4.55. The van der Waals surface area contributed by atoms with Crippen molar-refractivity contribution in [2.45, 2.75) is 20.5 Å². The first-order chi connectivity index (χ1) is 15.1. The molecule has 0 radical (unpaired) electrons. The summed E-state index contributed by atoms with van der Waals surface area (Å²) in [7, 11) is 0. The molecule has 0 saturated carbocycles. The summed E-state index contributed by atoms with van der Waals surface area (Å²) in [5, 5.41) is 3.35. The SMILES string of the molecule is CCOc1ccc(-c2nc(NC(=O)c3occc3COc3ccccc3)sc2C)cc1. The van der Waals surface area contributed by atoms with Crippen LogP contribution in [0.3, 0.4) is 0 Å². The number of rotatable bonds is 8. The van der Waals surface area contributed by atoms with Crippen LogP contribution < -0.4 is 14.8 Å². The number of thiazole rings is 1. The molecule has 0 aliphatic carbocycles. The normalized spacial score (nSPS) is 10.6. The fraction of sp³-hybridized carbons (Fsp3) is 0.167. The number of hydrogen-bond acceptors (Lipinski definition) is 6. The van der Waals surface area contributed by atoms with E-state index >= 15 is 0 Å². The molecular weight excluding hydrogens is 412 g/mol. The molecule has 1 amide bonds. The zero-order chi connectivity index (χ0) is 21.6. The van der Waals surface area contributed by atoms with Crippen LogP contribution in [0.2, 0.25) is 0 Å². The molecule has 2 aromatic carbocycles. The second kappa shape index (κ2) is 9.49. The maximum absolute atomic E-state index is 12.8. The van der Waals surface area contributed by atoms with Crippen LogP contribution in [0.1, 0.15) is 27.9 Å². The number of ether oxygens (including phenoxy) is 2. The number of nitrogens with one attached hydrogen (secondary N) is 1. The molecule has 0 spiro atoms. The van der Waals surface area contributed by atoms with Crippen LogP contribution in [0, 0.1) is 6.92 Å². The number of amides is 1. The van der Waals surface area contributed by atoms with E-state index < -0.39 is 0 Å². The van der Waals surface area contributed by atoms with Gasteiger partial charge in [0.25, 0.3) is 5.91 Å². The molecule has 0 bridgehead atoms. The van der Waals surface area contributed by atoms with Crippen molar-refractivity contribution < 1.29 is 18.7 Å². The first-order valence-corrected chi connectivity index (χ1v) is 10.7. The van der Waals surface area contributed by atoms with Gasteiger partial charge in [-0.15, -0.1) is 11.3 Å². The van der Waals surface area contributed by atoms with Gasteiger partial charge in [-0.2, -0.15) is 0 Å². The highest BCUT2D eigenvalue weighted by Gasteiger charge is 2.19. The van der Waals surface area contributed by atoms with Gasteiger partial charge in [0.05, 0.1) is 18.6 Å². The van der Waals surface area contributed by atoms with Gasteiger partial charge in [-0.3, -0.25) is 10.1 Å². The molecule has 158 valence electrons. The highest BCUT2D eigenvalue weighted by molar-refractivity contribution is 7.16. The number of carbonyl (C=O) groups excluding carboxylic acids is 1. The average molecular weight is 435 g/mol. The molecular formula is C24H22N2O4S. The molecule has 0 unspecified atom stereocenters. The minimum absolute atomic E-state index is 0.214. The number of hydrogen-bond donors (Lipinski definition) is 1. The molecule has 7 heteroatoms. The largest absolute Gasteiger partial charge is 0.494 e. The molecule has 4 rings (SSSR count). The van der Waals surface area contributed by atoms with E-state index in [4.69, 9.17) is 13.9 Å². The first-order valence-electron chi connectivity index (χ1n) is 9.90. The standard InChI is InChI=1S/C24H22N2O4S/c1-3-28-20-11-9-17(10-12-20)21-16(2)31-24(25-21)26-23(27)22-18(13-14-29-22)15-30-19-7-5-4-6-8-19/h4-14H,3,15H2,1-2H3,(H,25,26,27). The Morgan fingerprint density at radius 2 is 1.77 bits per heavy atom. The Morgan fingerprint density at radius 3 is 2.52 bits per heavy atom. The summed E-state index contributed by atoms with van der Waals surface area (Å²) < 4.78 is 16.6. The highest BCUT2D eigenvalue weighted by atomic mass is 32.1. The van der Waals surface area contributed by atoms with E-state index in [0.717, 1.165) is 27.6 Å². The van der Waals surface area contributed by atoms with E-state index in [1.54, 1.807) is 6.07 Å². The Hall–Kier alpha value is -3.58. The summed E-state index contributed by atoms with van der Waals surface area (Å²) in [5.41, 5.74) is 2.46. The third kappa shape index (κ3) is 4.95. The topological polar surface area (TPSA) is 73.6 Å². The van der Waals surface area contributed by atoms with Gasteiger partial charge in [0.2, 0.25) is 0 Å². The number of carbonyl (C=O) groups is 1. The molecule has 6 nitrogen and oxygen atoms in total. The van der Waals surface area contributed by atoms with Crippen molar-refractivity contribution in [1.82, 2.24) is 4.98 Å². The molecule has 4 aromatic rings. The average Bonchev–Trinajstić information content (AvgIpc) is 3.40. The second-order valence-electron chi connectivity index (χ2n) is 6.71. The number of furan rings is 1. The van der Waals surface area contributed by atoms with E-state index in [2.05, 4.69) is 10.3 Å². The molecule has 0 atom stereocenters. The lowest BCUT2D eigenvalue weighted by Gasteiger charge is -2.06. The lowest BCUT2D eigenvalue weighted by atomic mass is 10.1. The number of aromatic nitrogens is 1. The number of para-hydroxylation sites is 1. The summed E-state index contributed by atoms with van der Waals surface area (Å²) >= 11 is 1.42. The number of nitrogens with zero attached hydrogens (tertiary/aromatic N) is 1. The van der Waals surface area contributed by atoms with Crippen LogP contribution in [0.4, 0.5) is 5.13 Å². The minimum Gasteiger partial charge on any atom is -0.494 e. The summed E-state index contributed by atoms with van der Waals surface area (Å²) in [6.45, 7) is 4.78. The lowest BCUT2D eigenvalue weighted by Crippen LogP contribution is -2.13. The van der Waals surface area contributed by atoms with Gasteiger partial charge in [0.15, 0.2) is 10.9 Å². The van der Waals surface area contributed by atoms with Crippen molar-refractivity contribution in [3.63, 3.8) is 0 Å². The van der Waals surface area contributed by atoms with E-state index in [9.17, 15) is 4.79 Å². The monoisotopic (exact) mass is 434 g/mol. The van der Waals surface area contributed by atoms with Gasteiger partial charge in [0, 0.05) is 16.0 Å².